The summed E-state index contributed by atoms with van der Waals surface area (Å²) in [6.45, 7) is 6.48. The summed E-state index contributed by atoms with van der Waals surface area (Å²) in [6, 6.07) is 7.51. The molecule has 1 rings (SSSR count). The Balaban J connectivity index is 2.14. The topological polar surface area (TPSA) is 53.7 Å². The molecule has 0 aliphatic rings. The van der Waals surface area contributed by atoms with Crippen molar-refractivity contribution in [3.63, 3.8) is 0 Å². The molecule has 0 bridgehead atoms. The van der Waals surface area contributed by atoms with Gasteiger partial charge >= 0.3 is 0 Å². The Morgan fingerprint density at radius 3 is 2.60 bits per heavy atom. The van der Waals surface area contributed by atoms with E-state index in [-0.39, 0.29) is 6.10 Å². The van der Waals surface area contributed by atoms with Gasteiger partial charge in [0, 0.05) is 13.0 Å². The highest BCUT2D eigenvalue weighted by Crippen LogP contribution is 2.17. The molecule has 0 radical (unpaired) electrons. The first-order valence-electron chi connectivity index (χ1n) is 6.82. The summed E-state index contributed by atoms with van der Waals surface area (Å²) >= 11 is 4.98. The van der Waals surface area contributed by atoms with Gasteiger partial charge in [0.05, 0.1) is 31.5 Å². The fourth-order valence-electron chi connectivity index (χ4n) is 1.58. The van der Waals surface area contributed by atoms with Crippen LogP contribution in [0.1, 0.15) is 25.8 Å². The van der Waals surface area contributed by atoms with E-state index in [4.69, 9.17) is 32.2 Å². The molecule has 0 unspecified atom stereocenters. The van der Waals surface area contributed by atoms with Gasteiger partial charge in [-0.25, -0.2) is 0 Å². The lowest BCUT2D eigenvalue weighted by molar-refractivity contribution is 0.0170. The molecule has 4 nitrogen and oxygen atoms in total. The molecule has 112 valence electrons. The normalized spacial score (nSPS) is 10.8. The lowest BCUT2D eigenvalue weighted by Crippen LogP contribution is -2.13. The molecule has 0 aliphatic carbocycles. The molecule has 20 heavy (non-hydrogen) atoms. The van der Waals surface area contributed by atoms with Gasteiger partial charge in [0.15, 0.2) is 0 Å². The fourth-order valence-corrected chi connectivity index (χ4v) is 1.75. The zero-order valence-electron chi connectivity index (χ0n) is 12.1. The van der Waals surface area contributed by atoms with Crippen LogP contribution < -0.4 is 10.5 Å². The predicted molar refractivity (Wildman–Crippen MR) is 84.3 cm³/mol. The van der Waals surface area contributed by atoms with Crippen molar-refractivity contribution < 1.29 is 14.2 Å². The summed E-state index contributed by atoms with van der Waals surface area (Å²) in [4.78, 5) is 0.350. The first-order valence-corrected chi connectivity index (χ1v) is 7.23. The van der Waals surface area contributed by atoms with Crippen LogP contribution in [-0.2, 0) is 9.47 Å². The number of hydrogen-bond acceptors (Lipinski definition) is 4. The minimum absolute atomic E-state index is 0.249. The van der Waals surface area contributed by atoms with E-state index in [0.29, 0.717) is 31.4 Å². The first-order chi connectivity index (χ1) is 9.61. The molecule has 0 aliphatic heterocycles. The van der Waals surface area contributed by atoms with Gasteiger partial charge in [-0.2, -0.15) is 0 Å². The monoisotopic (exact) mass is 297 g/mol. The number of thiocarbonyl (C=S) groups is 1. The van der Waals surface area contributed by atoms with Crippen LogP contribution in [0.2, 0.25) is 0 Å². The quantitative estimate of drug-likeness (QED) is 0.531. The number of benzene rings is 1. The van der Waals surface area contributed by atoms with Crippen molar-refractivity contribution >= 4 is 17.2 Å². The van der Waals surface area contributed by atoms with E-state index in [0.717, 1.165) is 17.7 Å². The molecule has 0 fully saturated rings. The van der Waals surface area contributed by atoms with Crippen LogP contribution in [0.25, 0.3) is 0 Å². The van der Waals surface area contributed by atoms with E-state index < -0.39 is 0 Å². The van der Waals surface area contributed by atoms with Crippen LogP contribution in [0.15, 0.2) is 24.3 Å². The van der Waals surface area contributed by atoms with Gasteiger partial charge in [0.2, 0.25) is 0 Å². The van der Waals surface area contributed by atoms with E-state index >= 15 is 0 Å². The van der Waals surface area contributed by atoms with Gasteiger partial charge in [0.25, 0.3) is 0 Å². The maximum atomic E-state index is 5.66. The maximum absolute atomic E-state index is 5.66. The van der Waals surface area contributed by atoms with E-state index in [1.54, 1.807) is 0 Å². The van der Waals surface area contributed by atoms with E-state index in [1.165, 1.54) is 0 Å². The van der Waals surface area contributed by atoms with Crippen LogP contribution in [0.4, 0.5) is 0 Å². The first kappa shape index (κ1) is 16.9. The van der Waals surface area contributed by atoms with Gasteiger partial charge in [-0.3, -0.25) is 0 Å². The molecule has 0 spiro atoms. The van der Waals surface area contributed by atoms with Crippen LogP contribution in [0.3, 0.4) is 0 Å². The molecule has 5 heteroatoms. The smallest absolute Gasteiger partial charge is 0.129 e. The Bertz CT molecular complexity index is 410. The molecule has 2 N–H and O–H groups in total. The molecule has 0 aromatic heterocycles. The van der Waals surface area contributed by atoms with Gasteiger partial charge in [-0.1, -0.05) is 24.4 Å². The molecule has 0 saturated carbocycles. The lowest BCUT2D eigenvalue weighted by atomic mass is 10.2. The van der Waals surface area contributed by atoms with E-state index in [2.05, 4.69) is 0 Å². The van der Waals surface area contributed by atoms with Crippen molar-refractivity contribution in [3.8, 4) is 5.75 Å². The Hall–Kier alpha value is -1.17. The van der Waals surface area contributed by atoms with Crippen LogP contribution in [-0.4, -0.2) is 37.5 Å². The second-order valence-corrected chi connectivity index (χ2v) is 5.03. The summed E-state index contributed by atoms with van der Waals surface area (Å²) in [7, 11) is 0. The molecular formula is C15H23NO3S. The molecule has 0 saturated heterocycles. The number of para-hydroxylation sites is 1. The van der Waals surface area contributed by atoms with Crippen molar-refractivity contribution in [1.29, 1.82) is 0 Å². The second kappa shape index (κ2) is 9.69. The van der Waals surface area contributed by atoms with Crippen molar-refractivity contribution in [3.05, 3.63) is 29.8 Å². The van der Waals surface area contributed by atoms with Gasteiger partial charge in [0.1, 0.15) is 10.7 Å². The van der Waals surface area contributed by atoms with Crippen molar-refractivity contribution in [2.24, 2.45) is 5.73 Å². The SMILES string of the molecule is CC(C)OCCOCCCOc1ccccc1C(N)=S. The highest BCUT2D eigenvalue weighted by molar-refractivity contribution is 7.80. The Labute approximate surface area is 126 Å². The number of ether oxygens (including phenoxy) is 3. The summed E-state index contributed by atoms with van der Waals surface area (Å²) in [5.74, 6) is 0.725. The molecule has 0 heterocycles. The van der Waals surface area contributed by atoms with E-state index in [1.807, 2.05) is 38.1 Å². The van der Waals surface area contributed by atoms with Crippen LogP contribution >= 0.6 is 12.2 Å². The number of nitrogens with two attached hydrogens (primary N) is 1. The van der Waals surface area contributed by atoms with Crippen LogP contribution in [0.5, 0.6) is 5.75 Å². The van der Waals surface area contributed by atoms with Crippen LogP contribution in [0, 0.1) is 0 Å². The highest BCUT2D eigenvalue weighted by atomic mass is 32.1. The van der Waals surface area contributed by atoms with E-state index in [9.17, 15) is 0 Å². The summed E-state index contributed by atoms with van der Waals surface area (Å²) in [5, 5.41) is 0. The summed E-state index contributed by atoms with van der Waals surface area (Å²) in [5.41, 5.74) is 6.41. The minimum Gasteiger partial charge on any atom is -0.493 e. The third-order valence-electron chi connectivity index (χ3n) is 2.52. The Morgan fingerprint density at radius 1 is 1.15 bits per heavy atom. The standard InChI is InChI=1S/C15H23NO3S/c1-12(2)18-11-10-17-8-5-9-19-14-7-4-3-6-13(14)15(16)20/h3-4,6-7,12H,5,8-11H2,1-2H3,(H2,16,20). The van der Waals surface area contributed by atoms with Gasteiger partial charge in [-0.05, 0) is 26.0 Å². The molecule has 0 atom stereocenters. The third kappa shape index (κ3) is 6.84. The predicted octanol–water partition coefficient (Wildman–Crippen LogP) is 2.53. The zero-order valence-corrected chi connectivity index (χ0v) is 12.9. The Kier molecular flexibility index (Phi) is 8.18. The molecule has 1 aromatic carbocycles. The zero-order chi connectivity index (χ0) is 14.8. The maximum Gasteiger partial charge on any atom is 0.129 e. The largest absolute Gasteiger partial charge is 0.493 e. The van der Waals surface area contributed by atoms with Gasteiger partial charge < -0.3 is 19.9 Å². The summed E-state index contributed by atoms with van der Waals surface area (Å²) in [6.07, 6.45) is 1.06. The average molecular weight is 297 g/mol. The molecule has 0 amide bonds. The number of hydrogen-bond donors (Lipinski definition) is 1. The van der Waals surface area contributed by atoms with Gasteiger partial charge in [-0.15, -0.1) is 0 Å². The molecular weight excluding hydrogens is 274 g/mol. The number of rotatable bonds is 10. The van der Waals surface area contributed by atoms with Crippen molar-refractivity contribution in [1.82, 2.24) is 0 Å². The lowest BCUT2D eigenvalue weighted by Gasteiger charge is -2.11. The fraction of sp³-hybridized carbons (Fsp3) is 0.533. The third-order valence-corrected chi connectivity index (χ3v) is 2.74. The highest BCUT2D eigenvalue weighted by Gasteiger charge is 2.04. The van der Waals surface area contributed by atoms with Crippen molar-refractivity contribution in [2.45, 2.75) is 26.4 Å². The summed E-state index contributed by atoms with van der Waals surface area (Å²) < 4.78 is 16.5. The molecule has 1 aromatic rings. The Morgan fingerprint density at radius 2 is 1.90 bits per heavy atom. The second-order valence-electron chi connectivity index (χ2n) is 4.59. The van der Waals surface area contributed by atoms with Crippen molar-refractivity contribution in [2.75, 3.05) is 26.4 Å². The minimum atomic E-state index is 0.249. The average Bonchev–Trinajstić information content (AvgIpc) is 2.41.